The number of methoxy groups -OCH3 is 1. The highest BCUT2D eigenvalue weighted by Gasteiger charge is 2.23. The van der Waals surface area contributed by atoms with Crippen LogP contribution in [0.15, 0.2) is 30.3 Å². The van der Waals surface area contributed by atoms with E-state index in [0.29, 0.717) is 6.04 Å². The van der Waals surface area contributed by atoms with Crippen molar-refractivity contribution in [2.24, 2.45) is 0 Å². The van der Waals surface area contributed by atoms with Crippen LogP contribution in [-0.2, 0) is 11.3 Å². The van der Waals surface area contributed by atoms with Gasteiger partial charge in [0.25, 0.3) is 0 Å². The van der Waals surface area contributed by atoms with Crippen molar-refractivity contribution in [2.75, 3.05) is 13.7 Å². The van der Waals surface area contributed by atoms with Gasteiger partial charge < -0.3 is 14.8 Å². The third kappa shape index (κ3) is 2.62. The molecule has 0 spiro atoms. The van der Waals surface area contributed by atoms with E-state index < -0.39 is 0 Å². The molecule has 1 saturated heterocycles. The normalized spacial score (nSPS) is 22.3. The molecule has 1 fully saturated rings. The molecule has 2 unspecified atom stereocenters. The van der Waals surface area contributed by atoms with Crippen molar-refractivity contribution in [2.45, 2.75) is 32.0 Å². The van der Waals surface area contributed by atoms with Crippen molar-refractivity contribution in [3.8, 4) is 5.75 Å². The summed E-state index contributed by atoms with van der Waals surface area (Å²) in [5.41, 5.74) is 1.95. The molecule has 20 heavy (non-hydrogen) atoms. The molecule has 1 N–H and O–H groups in total. The first-order valence-electron chi connectivity index (χ1n) is 7.05. The molecule has 0 radical (unpaired) electrons. The first kappa shape index (κ1) is 13.3. The van der Waals surface area contributed by atoms with Gasteiger partial charge in [-0.25, -0.2) is 4.98 Å². The monoisotopic (exact) mass is 272 g/mol. The summed E-state index contributed by atoms with van der Waals surface area (Å²) in [6, 6.07) is 10.6. The van der Waals surface area contributed by atoms with Gasteiger partial charge in [0.2, 0.25) is 0 Å². The summed E-state index contributed by atoms with van der Waals surface area (Å²) in [7, 11) is 1.68. The molecule has 0 amide bonds. The van der Waals surface area contributed by atoms with E-state index in [-0.39, 0.29) is 6.10 Å². The van der Waals surface area contributed by atoms with Crippen molar-refractivity contribution >= 4 is 10.9 Å². The third-order valence-electron chi connectivity index (χ3n) is 3.88. The van der Waals surface area contributed by atoms with Gasteiger partial charge in [-0.15, -0.1) is 0 Å². The number of hydrogen-bond acceptors (Lipinski definition) is 4. The second-order valence-corrected chi connectivity index (χ2v) is 5.19. The standard InChI is InChI=1S/C16H20N2O2/c1-11-14(8-9-20-11)17-10-13-7-6-12-4-3-5-15(19-2)16(12)18-13/h3-7,11,14,17H,8-10H2,1-2H3. The number of nitrogens with zero attached hydrogens (tertiary/aromatic N) is 1. The van der Waals surface area contributed by atoms with E-state index in [4.69, 9.17) is 14.5 Å². The van der Waals surface area contributed by atoms with Crippen molar-refractivity contribution in [3.63, 3.8) is 0 Å². The maximum absolute atomic E-state index is 5.56. The van der Waals surface area contributed by atoms with Crippen LogP contribution in [0.3, 0.4) is 0 Å². The number of fused-ring (bicyclic) bond motifs is 1. The lowest BCUT2D eigenvalue weighted by atomic mass is 10.1. The van der Waals surface area contributed by atoms with Crippen LogP contribution in [0.25, 0.3) is 10.9 Å². The van der Waals surface area contributed by atoms with E-state index in [1.165, 1.54) is 0 Å². The van der Waals surface area contributed by atoms with E-state index in [0.717, 1.165) is 41.9 Å². The average molecular weight is 272 g/mol. The molecular weight excluding hydrogens is 252 g/mol. The van der Waals surface area contributed by atoms with Gasteiger partial charge in [-0.1, -0.05) is 18.2 Å². The summed E-state index contributed by atoms with van der Waals surface area (Å²) < 4.78 is 10.9. The molecule has 0 saturated carbocycles. The fourth-order valence-corrected chi connectivity index (χ4v) is 2.66. The lowest BCUT2D eigenvalue weighted by Gasteiger charge is -2.16. The van der Waals surface area contributed by atoms with E-state index in [9.17, 15) is 0 Å². The summed E-state index contributed by atoms with van der Waals surface area (Å²) in [4.78, 5) is 4.70. The number of para-hydroxylation sites is 1. The van der Waals surface area contributed by atoms with Gasteiger partial charge in [0.15, 0.2) is 0 Å². The van der Waals surface area contributed by atoms with Gasteiger partial charge in [-0.05, 0) is 25.5 Å². The third-order valence-corrected chi connectivity index (χ3v) is 3.88. The first-order valence-corrected chi connectivity index (χ1v) is 7.05. The van der Waals surface area contributed by atoms with E-state index in [2.05, 4.69) is 30.4 Å². The smallest absolute Gasteiger partial charge is 0.145 e. The van der Waals surface area contributed by atoms with Crippen LogP contribution in [-0.4, -0.2) is 30.8 Å². The largest absolute Gasteiger partial charge is 0.494 e. The quantitative estimate of drug-likeness (QED) is 0.928. The topological polar surface area (TPSA) is 43.4 Å². The minimum absolute atomic E-state index is 0.282. The molecule has 1 aromatic carbocycles. The minimum atomic E-state index is 0.282. The lowest BCUT2D eigenvalue weighted by Crippen LogP contribution is -2.34. The Balaban J connectivity index is 1.78. The predicted octanol–water partition coefficient (Wildman–Crippen LogP) is 2.51. The molecule has 4 nitrogen and oxygen atoms in total. The SMILES string of the molecule is COc1cccc2ccc(CNC3CCOC3C)nc12. The second-order valence-electron chi connectivity index (χ2n) is 5.19. The maximum Gasteiger partial charge on any atom is 0.145 e. The Bertz CT molecular complexity index is 600. The number of nitrogens with one attached hydrogen (secondary N) is 1. The van der Waals surface area contributed by atoms with Crippen LogP contribution < -0.4 is 10.1 Å². The van der Waals surface area contributed by atoms with Crippen LogP contribution in [0.1, 0.15) is 19.0 Å². The highest BCUT2D eigenvalue weighted by Crippen LogP contribution is 2.23. The molecule has 1 aliphatic rings. The Morgan fingerprint density at radius 3 is 3.00 bits per heavy atom. The van der Waals surface area contributed by atoms with Crippen LogP contribution in [0.2, 0.25) is 0 Å². The summed E-state index contributed by atoms with van der Waals surface area (Å²) in [5, 5.41) is 4.62. The molecule has 0 aliphatic carbocycles. The van der Waals surface area contributed by atoms with Gasteiger partial charge >= 0.3 is 0 Å². The van der Waals surface area contributed by atoms with Crippen molar-refractivity contribution < 1.29 is 9.47 Å². The fraction of sp³-hybridized carbons (Fsp3) is 0.438. The number of ether oxygens (including phenoxy) is 2. The van der Waals surface area contributed by atoms with Crippen LogP contribution in [0.4, 0.5) is 0 Å². The van der Waals surface area contributed by atoms with Crippen LogP contribution >= 0.6 is 0 Å². The average Bonchev–Trinajstić information content (AvgIpc) is 2.89. The molecule has 1 aromatic heterocycles. The molecular formula is C16H20N2O2. The molecule has 2 heterocycles. The van der Waals surface area contributed by atoms with Crippen LogP contribution in [0, 0.1) is 0 Å². The molecule has 1 aliphatic heterocycles. The fourth-order valence-electron chi connectivity index (χ4n) is 2.66. The molecule has 4 heteroatoms. The van der Waals surface area contributed by atoms with Crippen molar-refractivity contribution in [3.05, 3.63) is 36.0 Å². The zero-order valence-electron chi connectivity index (χ0n) is 11.9. The number of rotatable bonds is 4. The highest BCUT2D eigenvalue weighted by atomic mass is 16.5. The Morgan fingerprint density at radius 1 is 1.35 bits per heavy atom. The number of aromatic nitrogens is 1. The van der Waals surface area contributed by atoms with E-state index in [1.807, 2.05) is 12.1 Å². The predicted molar refractivity (Wildman–Crippen MR) is 79.0 cm³/mol. The Hall–Kier alpha value is -1.65. The van der Waals surface area contributed by atoms with E-state index >= 15 is 0 Å². The summed E-state index contributed by atoms with van der Waals surface area (Å²) in [6.07, 6.45) is 1.35. The number of pyridine rings is 1. The Labute approximate surface area is 119 Å². The maximum atomic E-state index is 5.56. The van der Waals surface area contributed by atoms with Gasteiger partial charge in [0, 0.05) is 24.6 Å². The van der Waals surface area contributed by atoms with Gasteiger partial charge in [0.1, 0.15) is 11.3 Å². The van der Waals surface area contributed by atoms with Crippen LogP contribution in [0.5, 0.6) is 5.75 Å². The molecule has 2 atom stereocenters. The first-order chi connectivity index (χ1) is 9.78. The number of benzene rings is 1. The van der Waals surface area contributed by atoms with Crippen molar-refractivity contribution in [1.82, 2.24) is 10.3 Å². The highest BCUT2D eigenvalue weighted by molar-refractivity contribution is 5.84. The summed E-state index contributed by atoms with van der Waals surface area (Å²) in [5.74, 6) is 0.821. The number of hydrogen-bond donors (Lipinski definition) is 1. The molecule has 0 bridgehead atoms. The minimum Gasteiger partial charge on any atom is -0.494 e. The lowest BCUT2D eigenvalue weighted by molar-refractivity contribution is 0.113. The second kappa shape index (κ2) is 5.77. The Kier molecular flexibility index (Phi) is 3.85. The summed E-state index contributed by atoms with van der Waals surface area (Å²) >= 11 is 0. The van der Waals surface area contributed by atoms with Crippen molar-refractivity contribution in [1.29, 1.82) is 0 Å². The molecule has 2 aromatic rings. The Morgan fingerprint density at radius 2 is 2.25 bits per heavy atom. The molecule has 106 valence electrons. The van der Waals surface area contributed by atoms with Gasteiger partial charge in [-0.3, -0.25) is 0 Å². The van der Waals surface area contributed by atoms with Gasteiger partial charge in [-0.2, -0.15) is 0 Å². The zero-order chi connectivity index (χ0) is 13.9. The molecule has 3 rings (SSSR count). The van der Waals surface area contributed by atoms with E-state index in [1.54, 1.807) is 7.11 Å². The summed E-state index contributed by atoms with van der Waals surface area (Å²) in [6.45, 7) is 3.71. The zero-order valence-corrected chi connectivity index (χ0v) is 11.9. The van der Waals surface area contributed by atoms with Gasteiger partial charge in [0.05, 0.1) is 18.9 Å².